The molecule has 3 atom stereocenters. The normalized spacial score (nSPS) is 21.6. The first-order chi connectivity index (χ1) is 18.3. The average Bonchev–Trinajstić information content (AvgIpc) is 3.50. The van der Waals surface area contributed by atoms with Crippen LogP contribution >= 0.6 is 23.2 Å². The fourth-order valence-corrected chi connectivity index (χ4v) is 5.84. The summed E-state index contributed by atoms with van der Waals surface area (Å²) in [6, 6.07) is 12.2. The highest BCUT2D eigenvalue weighted by molar-refractivity contribution is 6.47. The fourth-order valence-electron chi connectivity index (χ4n) is 5.31. The molecule has 196 valence electrons. The van der Waals surface area contributed by atoms with Gasteiger partial charge in [-0.25, -0.2) is 0 Å². The maximum Gasteiger partial charge on any atom is 0.275 e. The van der Waals surface area contributed by atoms with Crippen molar-refractivity contribution in [3.05, 3.63) is 87.2 Å². The summed E-state index contributed by atoms with van der Waals surface area (Å²) >= 11 is 12.5. The Morgan fingerprint density at radius 2 is 1.95 bits per heavy atom. The summed E-state index contributed by atoms with van der Waals surface area (Å²) in [6.07, 6.45) is 6.28. The van der Waals surface area contributed by atoms with E-state index in [2.05, 4.69) is 45.0 Å². The second kappa shape index (κ2) is 10.7. The highest BCUT2D eigenvalue weighted by atomic mass is 35.5. The third kappa shape index (κ3) is 5.08. The lowest BCUT2D eigenvalue weighted by Gasteiger charge is -2.43. The summed E-state index contributed by atoms with van der Waals surface area (Å²) < 4.78 is 0. The molecule has 38 heavy (non-hydrogen) atoms. The van der Waals surface area contributed by atoms with Crippen LogP contribution < -0.4 is 5.32 Å². The number of H-pyrrole nitrogens is 1. The zero-order valence-corrected chi connectivity index (χ0v) is 22.5. The van der Waals surface area contributed by atoms with Gasteiger partial charge in [0.15, 0.2) is 5.82 Å². The molecule has 3 aromatic rings. The number of carbonyl (C=O) groups is 2. The van der Waals surface area contributed by atoms with E-state index >= 15 is 0 Å². The number of allylic oxidation sites excluding steroid dienone is 1. The van der Waals surface area contributed by atoms with E-state index in [1.54, 1.807) is 30.3 Å². The molecule has 2 aromatic carbocycles. The number of aromatic amines is 1. The number of tetrazole rings is 1. The predicted molar refractivity (Wildman–Crippen MR) is 145 cm³/mol. The number of benzene rings is 2. The quantitative estimate of drug-likeness (QED) is 0.405. The third-order valence-electron chi connectivity index (χ3n) is 6.94. The van der Waals surface area contributed by atoms with E-state index in [4.69, 9.17) is 28.2 Å². The number of nitrogens with one attached hydrogen (secondary N) is 2. The molecule has 2 amide bonds. The standard InChI is InChI=1S/C27H27Cl2N7O2/c1-3-22(17-6-8-18(9-7-17)25(37)30-15-23-32-34-35-33-23)36-26(38)24(19-11-20(28)13-21(29)12-19)31-27(36)10-4-5-16(2)14-27/h4-9,11-13,16,22H,3,10,14-15H2,1-2H3,(H,30,37)(H,32,33,34,35)/t16?,22-,27?/m1/s1. The van der Waals surface area contributed by atoms with E-state index in [9.17, 15) is 9.59 Å². The summed E-state index contributed by atoms with van der Waals surface area (Å²) in [5.74, 6) is 0.247. The van der Waals surface area contributed by atoms with E-state index in [0.29, 0.717) is 52.0 Å². The first-order valence-corrected chi connectivity index (χ1v) is 13.2. The molecule has 9 nitrogen and oxygen atoms in total. The largest absolute Gasteiger partial charge is 0.345 e. The van der Waals surface area contributed by atoms with Gasteiger partial charge in [-0.15, -0.1) is 10.2 Å². The third-order valence-corrected chi connectivity index (χ3v) is 7.37. The number of halogens is 2. The number of amides is 2. The van der Waals surface area contributed by atoms with Gasteiger partial charge < -0.3 is 10.2 Å². The summed E-state index contributed by atoms with van der Waals surface area (Å²) in [7, 11) is 0. The zero-order valence-electron chi connectivity index (χ0n) is 21.0. The number of hydrogen-bond acceptors (Lipinski definition) is 6. The molecule has 2 N–H and O–H groups in total. The molecule has 11 heteroatoms. The molecule has 0 bridgehead atoms. The zero-order chi connectivity index (χ0) is 26.9. The number of rotatable bonds is 7. The van der Waals surface area contributed by atoms with Gasteiger partial charge in [-0.05, 0) is 54.7 Å². The maximum absolute atomic E-state index is 14.1. The minimum Gasteiger partial charge on any atom is -0.345 e. The lowest BCUT2D eigenvalue weighted by Crippen LogP contribution is -2.50. The van der Waals surface area contributed by atoms with Gasteiger partial charge in [0, 0.05) is 27.6 Å². The van der Waals surface area contributed by atoms with Gasteiger partial charge >= 0.3 is 0 Å². The van der Waals surface area contributed by atoms with Gasteiger partial charge in [0.05, 0.1) is 12.6 Å². The topological polar surface area (TPSA) is 116 Å². The van der Waals surface area contributed by atoms with Crippen LogP contribution in [-0.2, 0) is 11.3 Å². The highest BCUT2D eigenvalue weighted by Gasteiger charge is 2.50. The molecule has 1 spiro atoms. The van der Waals surface area contributed by atoms with Gasteiger partial charge in [-0.3, -0.25) is 14.6 Å². The second-order valence-corrected chi connectivity index (χ2v) is 10.5. The van der Waals surface area contributed by atoms with Crippen molar-refractivity contribution < 1.29 is 9.59 Å². The minimum atomic E-state index is -0.712. The van der Waals surface area contributed by atoms with Crippen LogP contribution in [0.1, 0.15) is 66.5 Å². The van der Waals surface area contributed by atoms with Crippen molar-refractivity contribution in [3.63, 3.8) is 0 Å². The monoisotopic (exact) mass is 551 g/mol. The van der Waals surface area contributed by atoms with Crippen molar-refractivity contribution in [2.75, 3.05) is 0 Å². The predicted octanol–water partition coefficient (Wildman–Crippen LogP) is 4.90. The summed E-state index contributed by atoms with van der Waals surface area (Å²) in [5.41, 5.74) is 1.69. The van der Waals surface area contributed by atoms with Crippen molar-refractivity contribution in [2.45, 2.75) is 51.4 Å². The molecule has 1 aliphatic heterocycles. The molecule has 2 heterocycles. The summed E-state index contributed by atoms with van der Waals surface area (Å²) in [5, 5.41) is 17.2. The Morgan fingerprint density at radius 1 is 1.21 bits per heavy atom. The number of aromatic nitrogens is 4. The van der Waals surface area contributed by atoms with Crippen molar-refractivity contribution in [2.24, 2.45) is 10.9 Å². The van der Waals surface area contributed by atoms with Gasteiger partial charge in [0.1, 0.15) is 11.4 Å². The molecule has 1 aromatic heterocycles. The molecular formula is C27H27Cl2N7O2. The lowest BCUT2D eigenvalue weighted by molar-refractivity contribution is -0.132. The number of aliphatic imine (C=N–C) groups is 1. The molecule has 0 fully saturated rings. The van der Waals surface area contributed by atoms with Crippen molar-refractivity contribution >= 4 is 40.7 Å². The Labute approximate surface area is 230 Å². The second-order valence-electron chi connectivity index (χ2n) is 9.65. The van der Waals surface area contributed by atoms with Crippen LogP contribution in [0.5, 0.6) is 0 Å². The number of nitrogens with zero attached hydrogens (tertiary/aromatic N) is 5. The van der Waals surface area contributed by atoms with Gasteiger partial charge in [-0.1, -0.05) is 66.5 Å². The summed E-state index contributed by atoms with van der Waals surface area (Å²) in [4.78, 5) is 33.7. The van der Waals surface area contributed by atoms with E-state index in [1.165, 1.54) is 0 Å². The molecule has 2 unspecified atom stereocenters. The van der Waals surface area contributed by atoms with Crippen LogP contribution in [0.4, 0.5) is 0 Å². The Bertz CT molecular complexity index is 1390. The van der Waals surface area contributed by atoms with Crippen LogP contribution in [0.2, 0.25) is 10.0 Å². The molecule has 5 rings (SSSR count). The molecule has 0 saturated heterocycles. The van der Waals surface area contributed by atoms with Crippen LogP contribution in [0.25, 0.3) is 0 Å². The van der Waals surface area contributed by atoms with Gasteiger partial charge in [0.2, 0.25) is 0 Å². The van der Waals surface area contributed by atoms with Gasteiger partial charge in [-0.2, -0.15) is 5.21 Å². The number of carbonyl (C=O) groups excluding carboxylic acids is 2. The van der Waals surface area contributed by atoms with Gasteiger partial charge in [0.25, 0.3) is 11.8 Å². The van der Waals surface area contributed by atoms with Crippen LogP contribution in [0, 0.1) is 5.92 Å². The van der Waals surface area contributed by atoms with E-state index in [1.807, 2.05) is 24.0 Å². The Hall–Kier alpha value is -3.56. The Balaban J connectivity index is 1.45. The van der Waals surface area contributed by atoms with E-state index in [0.717, 1.165) is 5.56 Å². The molecular weight excluding hydrogens is 525 g/mol. The average molecular weight is 552 g/mol. The van der Waals surface area contributed by atoms with E-state index in [-0.39, 0.29) is 30.3 Å². The smallest absolute Gasteiger partial charge is 0.275 e. The minimum absolute atomic E-state index is 0.153. The fraction of sp³-hybridized carbons (Fsp3) is 0.333. The molecule has 1 aliphatic carbocycles. The lowest BCUT2D eigenvalue weighted by atomic mass is 9.85. The number of hydrogen-bond donors (Lipinski definition) is 2. The maximum atomic E-state index is 14.1. The highest BCUT2D eigenvalue weighted by Crippen LogP contribution is 2.45. The van der Waals surface area contributed by atoms with Crippen molar-refractivity contribution in [3.8, 4) is 0 Å². The van der Waals surface area contributed by atoms with Crippen LogP contribution in [-0.4, -0.2) is 48.7 Å². The molecule has 0 radical (unpaired) electrons. The summed E-state index contributed by atoms with van der Waals surface area (Å²) in [6.45, 7) is 4.35. The SMILES string of the molecule is CC[C@H](c1ccc(C(=O)NCc2nn[nH]n2)cc1)N1C(=O)C(c2cc(Cl)cc(Cl)c2)=NC12CC=CC(C)C2. The van der Waals surface area contributed by atoms with E-state index < -0.39 is 5.66 Å². The Kier molecular flexibility index (Phi) is 7.32. The first kappa shape index (κ1) is 26.1. The van der Waals surface area contributed by atoms with Crippen LogP contribution in [0.15, 0.2) is 59.6 Å². The molecule has 0 saturated carbocycles. The first-order valence-electron chi connectivity index (χ1n) is 12.5. The molecule has 2 aliphatic rings. The van der Waals surface area contributed by atoms with Crippen LogP contribution in [0.3, 0.4) is 0 Å². The van der Waals surface area contributed by atoms with Crippen molar-refractivity contribution in [1.82, 2.24) is 30.8 Å². The Morgan fingerprint density at radius 3 is 2.58 bits per heavy atom. The van der Waals surface area contributed by atoms with Crippen molar-refractivity contribution in [1.29, 1.82) is 0 Å².